The molecule has 0 spiro atoms. The van der Waals surface area contributed by atoms with Crippen LogP contribution in [0.25, 0.3) is 0 Å². The maximum atomic E-state index is 12.1. The van der Waals surface area contributed by atoms with Crippen LogP contribution in [0.1, 0.15) is 33.6 Å². The Morgan fingerprint density at radius 1 is 1.35 bits per heavy atom. The van der Waals surface area contributed by atoms with Crippen molar-refractivity contribution in [1.29, 1.82) is 0 Å². The molecule has 2 atom stereocenters. The van der Waals surface area contributed by atoms with Crippen LogP contribution in [-0.2, 0) is 9.53 Å². The van der Waals surface area contributed by atoms with Crippen LogP contribution in [0.15, 0.2) is 0 Å². The molecule has 0 aromatic carbocycles. The van der Waals surface area contributed by atoms with Crippen LogP contribution >= 0.6 is 0 Å². The molecule has 1 heterocycles. The van der Waals surface area contributed by atoms with Crippen molar-refractivity contribution in [3.05, 3.63) is 0 Å². The summed E-state index contributed by atoms with van der Waals surface area (Å²) in [7, 11) is 0. The highest BCUT2D eigenvalue weighted by atomic mass is 16.5. The topological polar surface area (TPSA) is 41.6 Å². The number of amides is 1. The number of rotatable bonds is 6. The van der Waals surface area contributed by atoms with Crippen LogP contribution < -0.4 is 5.32 Å². The monoisotopic (exact) mass is 242 g/mol. The summed E-state index contributed by atoms with van der Waals surface area (Å²) in [5, 5.41) is 3.33. The average molecular weight is 242 g/mol. The second-order valence-corrected chi connectivity index (χ2v) is 4.96. The van der Waals surface area contributed by atoms with Crippen LogP contribution in [0.5, 0.6) is 0 Å². The van der Waals surface area contributed by atoms with Crippen molar-refractivity contribution in [2.45, 2.75) is 39.7 Å². The highest BCUT2D eigenvalue weighted by Crippen LogP contribution is 2.05. The Kier molecular flexibility index (Phi) is 6.52. The fourth-order valence-electron chi connectivity index (χ4n) is 2.12. The van der Waals surface area contributed by atoms with Gasteiger partial charge in [0, 0.05) is 13.1 Å². The number of carbonyl (C=O) groups is 1. The molecule has 1 saturated heterocycles. The molecule has 0 radical (unpaired) electrons. The third kappa shape index (κ3) is 5.04. The Balaban J connectivity index is 2.25. The Bertz CT molecular complexity index is 227. The van der Waals surface area contributed by atoms with Crippen LogP contribution in [0.4, 0.5) is 0 Å². The predicted molar refractivity (Wildman–Crippen MR) is 68.9 cm³/mol. The van der Waals surface area contributed by atoms with Gasteiger partial charge in [-0.3, -0.25) is 4.79 Å². The largest absolute Gasteiger partial charge is 0.378 e. The first-order valence-corrected chi connectivity index (χ1v) is 6.75. The van der Waals surface area contributed by atoms with Gasteiger partial charge < -0.3 is 15.0 Å². The second kappa shape index (κ2) is 7.67. The number of morpholine rings is 1. The Morgan fingerprint density at radius 3 is 2.59 bits per heavy atom. The fourth-order valence-corrected chi connectivity index (χ4v) is 2.12. The zero-order valence-electron chi connectivity index (χ0n) is 11.4. The quantitative estimate of drug-likeness (QED) is 0.762. The zero-order chi connectivity index (χ0) is 12.7. The molecule has 1 N–H and O–H groups in total. The van der Waals surface area contributed by atoms with Crippen molar-refractivity contribution in [3.63, 3.8) is 0 Å². The normalized spacial score (nSPS) is 20.1. The van der Waals surface area contributed by atoms with Gasteiger partial charge in [-0.1, -0.05) is 20.3 Å². The van der Waals surface area contributed by atoms with Crippen molar-refractivity contribution in [2.75, 3.05) is 32.8 Å². The summed E-state index contributed by atoms with van der Waals surface area (Å²) >= 11 is 0. The lowest BCUT2D eigenvalue weighted by molar-refractivity contribution is -0.137. The van der Waals surface area contributed by atoms with Crippen LogP contribution in [-0.4, -0.2) is 49.7 Å². The molecule has 17 heavy (non-hydrogen) atoms. The summed E-state index contributed by atoms with van der Waals surface area (Å²) in [4.78, 5) is 14.0. The molecule has 1 amide bonds. The van der Waals surface area contributed by atoms with Gasteiger partial charge in [-0.25, -0.2) is 0 Å². The Labute approximate surface area is 105 Å². The van der Waals surface area contributed by atoms with Gasteiger partial charge in [-0.2, -0.15) is 0 Å². The summed E-state index contributed by atoms with van der Waals surface area (Å²) in [6.45, 7) is 10.1. The van der Waals surface area contributed by atoms with E-state index >= 15 is 0 Å². The average Bonchev–Trinajstić information content (AvgIpc) is 2.36. The van der Waals surface area contributed by atoms with E-state index in [9.17, 15) is 4.79 Å². The molecule has 4 heteroatoms. The Morgan fingerprint density at radius 2 is 2.00 bits per heavy atom. The lowest BCUT2D eigenvalue weighted by atomic mass is 10.1. The van der Waals surface area contributed by atoms with Crippen LogP contribution in [0.3, 0.4) is 0 Å². The third-order valence-electron chi connectivity index (χ3n) is 3.25. The molecule has 1 aliphatic heterocycles. The number of hydrogen-bond acceptors (Lipinski definition) is 3. The van der Waals surface area contributed by atoms with Gasteiger partial charge in [0.25, 0.3) is 0 Å². The minimum Gasteiger partial charge on any atom is -0.378 e. The van der Waals surface area contributed by atoms with Crippen molar-refractivity contribution in [3.8, 4) is 0 Å². The van der Waals surface area contributed by atoms with Crippen molar-refractivity contribution in [1.82, 2.24) is 10.2 Å². The molecule has 0 saturated carbocycles. The van der Waals surface area contributed by atoms with Crippen LogP contribution in [0, 0.1) is 5.92 Å². The first-order chi connectivity index (χ1) is 8.15. The summed E-state index contributed by atoms with van der Waals surface area (Å²) in [5.74, 6) is 0.844. The van der Waals surface area contributed by atoms with E-state index in [1.807, 2.05) is 11.8 Å². The summed E-state index contributed by atoms with van der Waals surface area (Å²) in [6, 6.07) is -0.0765. The molecular formula is C13H26N2O2. The molecule has 0 aromatic rings. The van der Waals surface area contributed by atoms with E-state index in [0.29, 0.717) is 19.1 Å². The second-order valence-electron chi connectivity index (χ2n) is 4.96. The molecule has 100 valence electrons. The maximum Gasteiger partial charge on any atom is 0.239 e. The van der Waals surface area contributed by atoms with Gasteiger partial charge in [0.15, 0.2) is 0 Å². The maximum absolute atomic E-state index is 12.1. The van der Waals surface area contributed by atoms with Gasteiger partial charge in [0.2, 0.25) is 5.91 Å². The van der Waals surface area contributed by atoms with E-state index < -0.39 is 0 Å². The Hall–Kier alpha value is -0.610. The van der Waals surface area contributed by atoms with E-state index in [4.69, 9.17) is 4.74 Å². The van der Waals surface area contributed by atoms with Gasteiger partial charge >= 0.3 is 0 Å². The summed E-state index contributed by atoms with van der Waals surface area (Å²) in [5.41, 5.74) is 0. The van der Waals surface area contributed by atoms with E-state index in [0.717, 1.165) is 19.6 Å². The van der Waals surface area contributed by atoms with Crippen molar-refractivity contribution >= 4 is 5.91 Å². The first-order valence-electron chi connectivity index (χ1n) is 6.75. The smallest absolute Gasteiger partial charge is 0.239 e. The molecule has 0 aromatic heterocycles. The first kappa shape index (κ1) is 14.5. The SMILES string of the molecule is CCCC(C)CNC(C)C(=O)N1CCOCC1. The molecular weight excluding hydrogens is 216 g/mol. The molecule has 0 bridgehead atoms. The lowest BCUT2D eigenvalue weighted by Crippen LogP contribution is -2.49. The van der Waals surface area contributed by atoms with Crippen molar-refractivity contribution < 1.29 is 9.53 Å². The zero-order valence-corrected chi connectivity index (χ0v) is 11.4. The summed E-state index contributed by atoms with van der Waals surface area (Å²) in [6.07, 6.45) is 2.42. The van der Waals surface area contributed by atoms with Crippen LogP contribution in [0.2, 0.25) is 0 Å². The molecule has 0 aliphatic carbocycles. The molecule has 1 rings (SSSR count). The van der Waals surface area contributed by atoms with Gasteiger partial charge in [-0.05, 0) is 25.8 Å². The van der Waals surface area contributed by atoms with Gasteiger partial charge in [0.1, 0.15) is 0 Å². The molecule has 4 nitrogen and oxygen atoms in total. The minimum atomic E-state index is -0.0765. The highest BCUT2D eigenvalue weighted by Gasteiger charge is 2.22. The predicted octanol–water partition coefficient (Wildman–Crippen LogP) is 1.26. The standard InChI is InChI=1S/C13H26N2O2/c1-4-5-11(2)10-14-12(3)13(16)15-6-8-17-9-7-15/h11-12,14H,4-10H2,1-3H3. The third-order valence-corrected chi connectivity index (χ3v) is 3.25. The number of hydrogen-bond donors (Lipinski definition) is 1. The molecule has 1 fully saturated rings. The van der Waals surface area contributed by atoms with E-state index in [1.54, 1.807) is 0 Å². The van der Waals surface area contributed by atoms with E-state index in [-0.39, 0.29) is 11.9 Å². The van der Waals surface area contributed by atoms with Gasteiger partial charge in [0.05, 0.1) is 19.3 Å². The molecule has 1 aliphatic rings. The number of nitrogens with one attached hydrogen (secondary N) is 1. The van der Waals surface area contributed by atoms with Gasteiger partial charge in [-0.15, -0.1) is 0 Å². The lowest BCUT2D eigenvalue weighted by Gasteiger charge is -2.30. The number of ether oxygens (including phenoxy) is 1. The highest BCUT2D eigenvalue weighted by molar-refractivity contribution is 5.81. The van der Waals surface area contributed by atoms with E-state index in [1.165, 1.54) is 12.8 Å². The number of nitrogens with zero attached hydrogens (tertiary/aromatic N) is 1. The van der Waals surface area contributed by atoms with Crippen molar-refractivity contribution in [2.24, 2.45) is 5.92 Å². The summed E-state index contributed by atoms with van der Waals surface area (Å²) < 4.78 is 5.25. The minimum absolute atomic E-state index is 0.0765. The fraction of sp³-hybridized carbons (Fsp3) is 0.923. The molecule has 2 unspecified atom stereocenters. The van der Waals surface area contributed by atoms with E-state index in [2.05, 4.69) is 19.2 Å². The number of carbonyl (C=O) groups excluding carboxylic acids is 1.